The molecule has 2 fully saturated rings. The van der Waals surface area contributed by atoms with E-state index in [-0.39, 0.29) is 12.0 Å². The molecule has 2 bridgehead atoms. The summed E-state index contributed by atoms with van der Waals surface area (Å²) in [6.07, 6.45) is 12.2. The van der Waals surface area contributed by atoms with Crippen LogP contribution in [0.5, 0.6) is 0 Å². The van der Waals surface area contributed by atoms with Crippen LogP contribution in [0.4, 0.5) is 0 Å². The fourth-order valence-electron chi connectivity index (χ4n) is 4.22. The Kier molecular flexibility index (Phi) is 4.96. The smallest absolute Gasteiger partial charge is 0.234 e. The van der Waals surface area contributed by atoms with Crippen LogP contribution in [-0.4, -0.2) is 47.2 Å². The molecule has 3 rings (SSSR count). The van der Waals surface area contributed by atoms with Crippen molar-refractivity contribution in [1.29, 1.82) is 0 Å². The molecule has 0 aromatic carbocycles. The van der Waals surface area contributed by atoms with Gasteiger partial charge in [-0.1, -0.05) is 11.6 Å². The second-order valence-electron chi connectivity index (χ2n) is 6.89. The molecule has 2 aliphatic heterocycles. The number of amides is 1. The zero-order valence-corrected chi connectivity index (χ0v) is 12.9. The molecule has 2 heterocycles. The molecule has 2 unspecified atom stereocenters. The summed E-state index contributed by atoms with van der Waals surface area (Å²) in [7, 11) is 0. The van der Waals surface area contributed by atoms with Gasteiger partial charge in [0.1, 0.15) is 0 Å². The molecule has 3 aliphatic rings. The third kappa shape index (κ3) is 3.86. The number of hydrogen-bond acceptors (Lipinski definition) is 3. The highest BCUT2D eigenvalue weighted by Gasteiger charge is 2.40. The molecule has 21 heavy (non-hydrogen) atoms. The predicted molar refractivity (Wildman–Crippen MR) is 82.9 cm³/mol. The molecule has 0 aromatic heterocycles. The van der Waals surface area contributed by atoms with Crippen LogP contribution in [0.15, 0.2) is 11.6 Å². The minimum absolute atomic E-state index is 0.152. The van der Waals surface area contributed by atoms with Gasteiger partial charge in [0.15, 0.2) is 0 Å². The molecule has 4 nitrogen and oxygen atoms in total. The van der Waals surface area contributed by atoms with Gasteiger partial charge in [-0.3, -0.25) is 9.69 Å². The summed E-state index contributed by atoms with van der Waals surface area (Å²) in [5.74, 6) is 0.152. The van der Waals surface area contributed by atoms with E-state index in [1.165, 1.54) is 31.3 Å². The molecule has 118 valence electrons. The van der Waals surface area contributed by atoms with E-state index in [4.69, 9.17) is 0 Å². The number of hydrogen-bond donors (Lipinski definition) is 2. The number of piperidine rings is 1. The summed E-state index contributed by atoms with van der Waals surface area (Å²) < 4.78 is 0. The number of allylic oxidation sites excluding steroid dienone is 1. The Labute approximate surface area is 127 Å². The van der Waals surface area contributed by atoms with Crippen molar-refractivity contribution >= 4 is 5.91 Å². The van der Waals surface area contributed by atoms with Crippen molar-refractivity contribution in [2.45, 2.75) is 76.0 Å². The summed E-state index contributed by atoms with van der Waals surface area (Å²) in [6.45, 7) is 1.29. The van der Waals surface area contributed by atoms with Gasteiger partial charge in [-0.25, -0.2) is 0 Å². The number of nitrogens with one attached hydrogen (secondary N) is 1. The molecule has 0 saturated carbocycles. The van der Waals surface area contributed by atoms with Gasteiger partial charge < -0.3 is 10.4 Å². The summed E-state index contributed by atoms with van der Waals surface area (Å²) in [5.41, 5.74) is 1.52. The fraction of sp³-hybridized carbons (Fsp3) is 0.824. The van der Waals surface area contributed by atoms with Gasteiger partial charge >= 0.3 is 0 Å². The van der Waals surface area contributed by atoms with Crippen molar-refractivity contribution in [3.63, 3.8) is 0 Å². The lowest BCUT2D eigenvalue weighted by Crippen LogP contribution is -2.49. The van der Waals surface area contributed by atoms with E-state index in [0.717, 1.165) is 38.6 Å². The minimum atomic E-state index is -0.153. The van der Waals surface area contributed by atoms with E-state index in [0.29, 0.717) is 18.6 Å². The van der Waals surface area contributed by atoms with Gasteiger partial charge in [0.25, 0.3) is 0 Å². The average molecular weight is 292 g/mol. The third-order valence-electron chi connectivity index (χ3n) is 5.34. The molecule has 2 atom stereocenters. The lowest BCUT2D eigenvalue weighted by atomic mass is 9.97. The number of aliphatic hydroxyl groups excluding tert-OH is 1. The SMILES string of the molecule is O=C(CN1C2CCC1CC(O)C2)NCCC1=CCCCC1. The van der Waals surface area contributed by atoms with Gasteiger partial charge in [0, 0.05) is 18.6 Å². The Hall–Kier alpha value is -0.870. The molecule has 0 aromatic rings. The number of fused-ring (bicyclic) bond motifs is 2. The molecular formula is C17H28N2O2. The van der Waals surface area contributed by atoms with Crippen molar-refractivity contribution in [1.82, 2.24) is 10.2 Å². The topological polar surface area (TPSA) is 52.6 Å². The van der Waals surface area contributed by atoms with Crippen LogP contribution in [0.25, 0.3) is 0 Å². The van der Waals surface area contributed by atoms with Gasteiger partial charge in [0.2, 0.25) is 5.91 Å². The van der Waals surface area contributed by atoms with Crippen molar-refractivity contribution in [2.75, 3.05) is 13.1 Å². The first-order valence-corrected chi connectivity index (χ1v) is 8.61. The fourth-order valence-corrected chi connectivity index (χ4v) is 4.22. The van der Waals surface area contributed by atoms with E-state index >= 15 is 0 Å². The summed E-state index contributed by atoms with van der Waals surface area (Å²) in [4.78, 5) is 14.4. The second kappa shape index (κ2) is 6.93. The second-order valence-corrected chi connectivity index (χ2v) is 6.89. The van der Waals surface area contributed by atoms with Gasteiger partial charge in [0.05, 0.1) is 12.6 Å². The van der Waals surface area contributed by atoms with Crippen LogP contribution < -0.4 is 5.32 Å². The number of carbonyl (C=O) groups excluding carboxylic acids is 1. The number of rotatable bonds is 5. The Bertz CT molecular complexity index is 394. The monoisotopic (exact) mass is 292 g/mol. The summed E-state index contributed by atoms with van der Waals surface area (Å²) >= 11 is 0. The van der Waals surface area contributed by atoms with Crippen molar-refractivity contribution in [3.05, 3.63) is 11.6 Å². The van der Waals surface area contributed by atoms with Crippen molar-refractivity contribution in [2.24, 2.45) is 0 Å². The van der Waals surface area contributed by atoms with Gasteiger partial charge in [-0.05, 0) is 57.8 Å². The first kappa shape index (κ1) is 15.0. The molecule has 2 saturated heterocycles. The normalized spacial score (nSPS) is 32.8. The molecule has 2 N–H and O–H groups in total. The Morgan fingerprint density at radius 2 is 2.05 bits per heavy atom. The minimum Gasteiger partial charge on any atom is -0.393 e. The van der Waals surface area contributed by atoms with E-state index in [2.05, 4.69) is 16.3 Å². The Balaban J connectivity index is 1.39. The third-order valence-corrected chi connectivity index (χ3v) is 5.34. The molecule has 1 aliphatic carbocycles. The van der Waals surface area contributed by atoms with Crippen LogP contribution in [0.1, 0.15) is 57.8 Å². The molecule has 1 amide bonds. The molecule has 0 radical (unpaired) electrons. The highest BCUT2D eigenvalue weighted by Crippen LogP contribution is 2.35. The Morgan fingerprint density at radius 1 is 1.29 bits per heavy atom. The molecular weight excluding hydrogens is 264 g/mol. The standard InChI is InChI=1S/C17H28N2O2/c20-16-10-14-6-7-15(11-16)19(14)12-17(21)18-9-8-13-4-2-1-3-5-13/h4,14-16,20H,1-3,5-12H2,(H,18,21). The van der Waals surface area contributed by atoms with Crippen molar-refractivity contribution in [3.8, 4) is 0 Å². The average Bonchev–Trinajstić information content (AvgIpc) is 2.71. The first-order valence-electron chi connectivity index (χ1n) is 8.61. The highest BCUT2D eigenvalue weighted by molar-refractivity contribution is 5.78. The number of nitrogens with zero attached hydrogens (tertiary/aromatic N) is 1. The predicted octanol–water partition coefficient (Wildman–Crippen LogP) is 1.98. The van der Waals surface area contributed by atoms with Crippen LogP contribution in [0.2, 0.25) is 0 Å². The first-order chi connectivity index (χ1) is 10.2. The molecule has 0 spiro atoms. The Morgan fingerprint density at radius 3 is 2.71 bits per heavy atom. The quantitative estimate of drug-likeness (QED) is 0.762. The highest BCUT2D eigenvalue weighted by atomic mass is 16.3. The van der Waals surface area contributed by atoms with E-state index in [1.807, 2.05) is 0 Å². The lowest BCUT2D eigenvalue weighted by molar-refractivity contribution is -0.124. The molecule has 4 heteroatoms. The van der Waals surface area contributed by atoms with Crippen LogP contribution >= 0.6 is 0 Å². The van der Waals surface area contributed by atoms with Crippen LogP contribution in [-0.2, 0) is 4.79 Å². The van der Waals surface area contributed by atoms with Gasteiger partial charge in [-0.2, -0.15) is 0 Å². The summed E-state index contributed by atoms with van der Waals surface area (Å²) in [5, 5.41) is 12.9. The zero-order chi connectivity index (χ0) is 14.7. The lowest BCUT2D eigenvalue weighted by Gasteiger charge is -2.36. The maximum atomic E-state index is 12.1. The van der Waals surface area contributed by atoms with Gasteiger partial charge in [-0.15, -0.1) is 0 Å². The maximum Gasteiger partial charge on any atom is 0.234 e. The number of carbonyl (C=O) groups is 1. The number of aliphatic hydroxyl groups is 1. The maximum absolute atomic E-state index is 12.1. The van der Waals surface area contributed by atoms with E-state index in [1.54, 1.807) is 0 Å². The van der Waals surface area contributed by atoms with Crippen LogP contribution in [0.3, 0.4) is 0 Å². The van der Waals surface area contributed by atoms with Crippen LogP contribution in [0, 0.1) is 0 Å². The summed E-state index contributed by atoms with van der Waals surface area (Å²) in [6, 6.07) is 0.844. The zero-order valence-electron chi connectivity index (χ0n) is 12.9. The van der Waals surface area contributed by atoms with E-state index in [9.17, 15) is 9.90 Å². The largest absolute Gasteiger partial charge is 0.393 e. The van der Waals surface area contributed by atoms with E-state index < -0.39 is 0 Å². The van der Waals surface area contributed by atoms with Crippen molar-refractivity contribution < 1.29 is 9.90 Å².